The van der Waals surface area contributed by atoms with Gasteiger partial charge in [0.25, 0.3) is 0 Å². The summed E-state index contributed by atoms with van der Waals surface area (Å²) in [5.74, 6) is -1.49. The van der Waals surface area contributed by atoms with E-state index in [1.165, 1.54) is 12.1 Å². The standard InChI is InChI=1S/C17H14F2O2/c1-10-4-2-6-12-9-15(21-17(10)12)14(20)8-11-5-3-7-13(18)16(11)19/h2-7,9,14,20H,8H2,1H3. The summed E-state index contributed by atoms with van der Waals surface area (Å²) in [6, 6.07) is 11.3. The summed E-state index contributed by atoms with van der Waals surface area (Å²) in [4.78, 5) is 0. The molecule has 0 spiro atoms. The Balaban J connectivity index is 1.92. The molecule has 3 rings (SSSR count). The van der Waals surface area contributed by atoms with Gasteiger partial charge in [-0.15, -0.1) is 0 Å². The third-order valence-electron chi connectivity index (χ3n) is 3.53. The predicted molar refractivity (Wildman–Crippen MR) is 76.0 cm³/mol. The largest absolute Gasteiger partial charge is 0.458 e. The minimum Gasteiger partial charge on any atom is -0.458 e. The van der Waals surface area contributed by atoms with E-state index in [4.69, 9.17) is 4.42 Å². The number of benzene rings is 2. The van der Waals surface area contributed by atoms with Crippen LogP contribution in [0.1, 0.15) is 23.0 Å². The first kappa shape index (κ1) is 13.8. The maximum Gasteiger partial charge on any atom is 0.162 e. The van der Waals surface area contributed by atoms with E-state index in [0.29, 0.717) is 11.3 Å². The molecule has 0 aliphatic heterocycles. The van der Waals surface area contributed by atoms with Crippen molar-refractivity contribution in [2.24, 2.45) is 0 Å². The van der Waals surface area contributed by atoms with Gasteiger partial charge in [0.1, 0.15) is 17.4 Å². The van der Waals surface area contributed by atoms with Crippen molar-refractivity contribution in [1.82, 2.24) is 0 Å². The Kier molecular flexibility index (Phi) is 3.47. The summed E-state index contributed by atoms with van der Waals surface area (Å²) in [6.07, 6.45) is -1.06. The highest BCUT2D eigenvalue weighted by atomic mass is 19.2. The van der Waals surface area contributed by atoms with Gasteiger partial charge >= 0.3 is 0 Å². The molecule has 0 aliphatic carbocycles. The number of furan rings is 1. The van der Waals surface area contributed by atoms with Gasteiger partial charge in [0.15, 0.2) is 11.6 Å². The molecule has 0 bridgehead atoms. The molecule has 1 unspecified atom stereocenters. The van der Waals surface area contributed by atoms with Gasteiger partial charge in [-0.3, -0.25) is 0 Å². The Bertz CT molecular complexity index is 793. The van der Waals surface area contributed by atoms with Gasteiger partial charge in [0.05, 0.1) is 0 Å². The zero-order valence-corrected chi connectivity index (χ0v) is 11.4. The molecule has 4 heteroatoms. The van der Waals surface area contributed by atoms with Crippen molar-refractivity contribution in [3.8, 4) is 0 Å². The van der Waals surface area contributed by atoms with Gasteiger partial charge < -0.3 is 9.52 Å². The van der Waals surface area contributed by atoms with E-state index in [1.807, 2.05) is 25.1 Å². The van der Waals surface area contributed by atoms with E-state index < -0.39 is 17.7 Å². The molecule has 0 saturated heterocycles. The molecule has 1 aromatic heterocycles. The van der Waals surface area contributed by atoms with Crippen LogP contribution in [-0.4, -0.2) is 5.11 Å². The molecule has 0 saturated carbocycles. The summed E-state index contributed by atoms with van der Waals surface area (Å²) in [5, 5.41) is 11.1. The molecule has 0 radical (unpaired) electrons. The number of rotatable bonds is 3. The number of hydrogen-bond donors (Lipinski definition) is 1. The molecule has 2 aromatic carbocycles. The number of fused-ring (bicyclic) bond motifs is 1. The fourth-order valence-corrected chi connectivity index (χ4v) is 2.41. The third-order valence-corrected chi connectivity index (χ3v) is 3.53. The third kappa shape index (κ3) is 2.54. The topological polar surface area (TPSA) is 33.4 Å². The molecule has 0 amide bonds. The lowest BCUT2D eigenvalue weighted by Gasteiger charge is -2.08. The Hall–Kier alpha value is -2.20. The van der Waals surface area contributed by atoms with Crippen LogP contribution in [0, 0.1) is 18.6 Å². The number of para-hydroxylation sites is 1. The Morgan fingerprint density at radius 2 is 1.90 bits per heavy atom. The monoisotopic (exact) mass is 288 g/mol. The number of aliphatic hydroxyl groups excluding tert-OH is 1. The molecule has 108 valence electrons. The Morgan fingerprint density at radius 1 is 1.14 bits per heavy atom. The molecule has 3 aromatic rings. The summed E-state index contributed by atoms with van der Waals surface area (Å²) in [7, 11) is 0. The van der Waals surface area contributed by atoms with Crippen molar-refractivity contribution in [1.29, 1.82) is 0 Å². The number of aryl methyl sites for hydroxylation is 1. The molecule has 21 heavy (non-hydrogen) atoms. The maximum atomic E-state index is 13.6. The van der Waals surface area contributed by atoms with E-state index in [-0.39, 0.29) is 12.0 Å². The molecule has 1 N–H and O–H groups in total. The highest BCUT2D eigenvalue weighted by molar-refractivity contribution is 5.80. The van der Waals surface area contributed by atoms with Crippen molar-refractivity contribution in [2.75, 3.05) is 0 Å². The van der Waals surface area contributed by atoms with Gasteiger partial charge in [-0.2, -0.15) is 0 Å². The molecule has 0 fully saturated rings. The second-order valence-electron chi connectivity index (χ2n) is 5.07. The maximum absolute atomic E-state index is 13.6. The molecular formula is C17H14F2O2. The average molecular weight is 288 g/mol. The minimum atomic E-state index is -1.02. The highest BCUT2D eigenvalue weighted by Crippen LogP contribution is 2.28. The van der Waals surface area contributed by atoms with Crippen LogP contribution in [-0.2, 0) is 6.42 Å². The molecule has 1 heterocycles. The van der Waals surface area contributed by atoms with Crippen LogP contribution < -0.4 is 0 Å². The molecular weight excluding hydrogens is 274 g/mol. The lowest BCUT2D eigenvalue weighted by Crippen LogP contribution is -2.03. The fraction of sp³-hybridized carbons (Fsp3) is 0.176. The number of hydrogen-bond acceptors (Lipinski definition) is 2. The van der Waals surface area contributed by atoms with Crippen molar-refractivity contribution < 1.29 is 18.3 Å². The quantitative estimate of drug-likeness (QED) is 0.779. The summed E-state index contributed by atoms with van der Waals surface area (Å²) in [5.41, 5.74) is 1.79. The van der Waals surface area contributed by atoms with Gasteiger partial charge in [-0.05, 0) is 30.2 Å². The summed E-state index contributed by atoms with van der Waals surface area (Å²) >= 11 is 0. The van der Waals surface area contributed by atoms with Crippen molar-refractivity contribution >= 4 is 11.0 Å². The van der Waals surface area contributed by atoms with E-state index in [9.17, 15) is 13.9 Å². The van der Waals surface area contributed by atoms with E-state index >= 15 is 0 Å². The second kappa shape index (κ2) is 5.30. The van der Waals surface area contributed by atoms with Crippen molar-refractivity contribution in [2.45, 2.75) is 19.4 Å². The fourth-order valence-electron chi connectivity index (χ4n) is 2.41. The zero-order valence-electron chi connectivity index (χ0n) is 11.4. The van der Waals surface area contributed by atoms with Crippen LogP contribution in [0.25, 0.3) is 11.0 Å². The van der Waals surface area contributed by atoms with Gasteiger partial charge in [-0.25, -0.2) is 8.78 Å². The predicted octanol–water partition coefficient (Wildman–Crippen LogP) is 4.30. The van der Waals surface area contributed by atoms with E-state index in [2.05, 4.69) is 0 Å². The SMILES string of the molecule is Cc1cccc2cc(C(O)Cc3cccc(F)c3F)oc12. The van der Waals surface area contributed by atoms with Crippen molar-refractivity contribution in [3.63, 3.8) is 0 Å². The number of halogens is 2. The van der Waals surface area contributed by atoms with Crippen LogP contribution in [0.3, 0.4) is 0 Å². The lowest BCUT2D eigenvalue weighted by atomic mass is 10.1. The van der Waals surface area contributed by atoms with Crippen LogP contribution in [0.4, 0.5) is 8.78 Å². The zero-order chi connectivity index (χ0) is 15.0. The first-order valence-electron chi connectivity index (χ1n) is 6.66. The van der Waals surface area contributed by atoms with Crippen LogP contribution in [0.5, 0.6) is 0 Å². The second-order valence-corrected chi connectivity index (χ2v) is 5.07. The lowest BCUT2D eigenvalue weighted by molar-refractivity contribution is 0.151. The first-order valence-corrected chi connectivity index (χ1v) is 6.66. The highest BCUT2D eigenvalue weighted by Gasteiger charge is 2.18. The molecule has 2 nitrogen and oxygen atoms in total. The number of aliphatic hydroxyl groups is 1. The van der Waals surface area contributed by atoms with Crippen LogP contribution >= 0.6 is 0 Å². The minimum absolute atomic E-state index is 0.0392. The van der Waals surface area contributed by atoms with Crippen LogP contribution in [0.15, 0.2) is 46.9 Å². The average Bonchev–Trinajstić information content (AvgIpc) is 2.89. The van der Waals surface area contributed by atoms with Gasteiger partial charge in [0, 0.05) is 11.8 Å². The normalized spacial score (nSPS) is 12.8. The van der Waals surface area contributed by atoms with E-state index in [1.54, 1.807) is 6.07 Å². The Morgan fingerprint density at radius 3 is 2.67 bits per heavy atom. The Labute approximate surface area is 120 Å². The van der Waals surface area contributed by atoms with Crippen molar-refractivity contribution in [3.05, 3.63) is 71.0 Å². The van der Waals surface area contributed by atoms with Gasteiger partial charge in [0.2, 0.25) is 0 Å². The summed E-state index contributed by atoms with van der Waals surface area (Å²) < 4.78 is 32.4. The molecule has 0 aliphatic rings. The smallest absolute Gasteiger partial charge is 0.162 e. The summed E-state index contributed by atoms with van der Waals surface area (Å²) in [6.45, 7) is 1.91. The first-order chi connectivity index (χ1) is 10.1. The van der Waals surface area contributed by atoms with Gasteiger partial charge in [-0.1, -0.05) is 30.3 Å². The van der Waals surface area contributed by atoms with Crippen LogP contribution in [0.2, 0.25) is 0 Å². The molecule has 1 atom stereocenters. The van der Waals surface area contributed by atoms with E-state index in [0.717, 1.165) is 17.0 Å².